The molecule has 0 aliphatic rings. The molecule has 4 N–H and O–H groups in total. The zero-order valence-electron chi connectivity index (χ0n) is 9.10. The quantitative estimate of drug-likeness (QED) is 0.418. The number of benzene rings is 1. The van der Waals surface area contributed by atoms with Crippen LogP contribution in [0.4, 0.5) is 0 Å². The van der Waals surface area contributed by atoms with Crippen LogP contribution in [0, 0.1) is 0 Å². The molecule has 0 spiro atoms. The monoisotopic (exact) mass is 249 g/mol. The highest BCUT2D eigenvalue weighted by Gasteiger charge is 2.08. The second-order valence-corrected chi connectivity index (χ2v) is 3.80. The summed E-state index contributed by atoms with van der Waals surface area (Å²) < 4.78 is 3.80. The molecular weight excluding hydrogens is 238 g/mol. The Morgan fingerprint density at radius 3 is 3.18 bits per heavy atom. The van der Waals surface area contributed by atoms with E-state index in [9.17, 15) is 4.79 Å². The highest BCUT2D eigenvalue weighted by Crippen LogP contribution is 2.11. The number of fused-ring (bicyclic) bond motifs is 1. The Kier molecular flexibility index (Phi) is 3.29. The molecular formula is C10H11N5OS. The third-order valence-electron chi connectivity index (χ3n) is 2.11. The van der Waals surface area contributed by atoms with Gasteiger partial charge in [0.15, 0.2) is 0 Å². The maximum Gasteiger partial charge on any atom is 0.258 e. The number of carbonyl (C=O) groups is 1. The van der Waals surface area contributed by atoms with E-state index >= 15 is 0 Å². The number of nitrogens with two attached hydrogens (primary N) is 1. The molecule has 0 aliphatic heterocycles. The Bertz CT molecular complexity index is 577. The van der Waals surface area contributed by atoms with Crippen molar-refractivity contribution in [2.75, 3.05) is 6.26 Å². The van der Waals surface area contributed by atoms with E-state index in [0.717, 1.165) is 11.0 Å². The average Bonchev–Trinajstić information content (AvgIpc) is 2.75. The van der Waals surface area contributed by atoms with Gasteiger partial charge in [0.25, 0.3) is 5.91 Å². The van der Waals surface area contributed by atoms with Crippen molar-refractivity contribution < 1.29 is 4.79 Å². The zero-order chi connectivity index (χ0) is 12.3. The van der Waals surface area contributed by atoms with Crippen molar-refractivity contribution in [3.05, 3.63) is 30.1 Å². The summed E-state index contributed by atoms with van der Waals surface area (Å²) in [6, 6.07) is 5.16. The summed E-state index contributed by atoms with van der Waals surface area (Å²) in [7, 11) is 0. The summed E-state index contributed by atoms with van der Waals surface area (Å²) in [5.74, 6) is -0.205. The molecule has 0 bridgehead atoms. The van der Waals surface area contributed by atoms with Crippen molar-refractivity contribution in [1.29, 1.82) is 0 Å². The Balaban J connectivity index is 2.21. The third-order valence-corrected chi connectivity index (χ3v) is 2.49. The topological polar surface area (TPSA) is 96.2 Å². The lowest BCUT2D eigenvalue weighted by atomic mass is 10.2. The largest absolute Gasteiger partial charge is 0.369 e. The van der Waals surface area contributed by atoms with E-state index in [0.29, 0.717) is 5.56 Å². The molecule has 17 heavy (non-hydrogen) atoms. The van der Waals surface area contributed by atoms with E-state index in [1.807, 2.05) is 0 Å². The van der Waals surface area contributed by atoms with Gasteiger partial charge in [-0.3, -0.25) is 10.1 Å². The minimum absolute atomic E-state index is 0.0900. The molecule has 0 aliphatic carbocycles. The number of carbonyl (C=O) groups excluding carboxylic acids is 1. The SMILES string of the molecule is CSN=C(N)NC(=O)c1ccc2nc[nH]c2c1. The number of imidazole rings is 1. The highest BCUT2D eigenvalue weighted by molar-refractivity contribution is 7.97. The van der Waals surface area contributed by atoms with Gasteiger partial charge in [-0.1, -0.05) is 0 Å². The van der Waals surface area contributed by atoms with Crippen LogP contribution >= 0.6 is 11.9 Å². The van der Waals surface area contributed by atoms with Crippen LogP contribution in [0.15, 0.2) is 28.9 Å². The molecule has 0 atom stereocenters. The lowest BCUT2D eigenvalue weighted by molar-refractivity contribution is 0.0977. The van der Waals surface area contributed by atoms with Gasteiger partial charge in [0.2, 0.25) is 5.96 Å². The van der Waals surface area contributed by atoms with E-state index in [4.69, 9.17) is 5.73 Å². The average molecular weight is 249 g/mol. The van der Waals surface area contributed by atoms with E-state index in [1.54, 1.807) is 30.8 Å². The molecule has 2 rings (SSSR count). The first-order chi connectivity index (χ1) is 8.20. The van der Waals surface area contributed by atoms with E-state index in [2.05, 4.69) is 19.7 Å². The summed E-state index contributed by atoms with van der Waals surface area (Å²) in [6.45, 7) is 0. The molecule has 1 amide bonds. The van der Waals surface area contributed by atoms with E-state index in [-0.39, 0.29) is 11.9 Å². The first-order valence-corrected chi connectivity index (χ1v) is 6.00. The number of nitrogens with one attached hydrogen (secondary N) is 2. The van der Waals surface area contributed by atoms with Crippen LogP contribution in [0.3, 0.4) is 0 Å². The molecule has 0 saturated heterocycles. The van der Waals surface area contributed by atoms with Crippen LogP contribution in [0.25, 0.3) is 11.0 Å². The normalized spacial score (nSPS) is 11.7. The highest BCUT2D eigenvalue weighted by atomic mass is 32.2. The third kappa shape index (κ3) is 2.56. The molecule has 0 radical (unpaired) electrons. The van der Waals surface area contributed by atoms with Crippen molar-refractivity contribution in [3.8, 4) is 0 Å². The lowest BCUT2D eigenvalue weighted by Crippen LogP contribution is -2.36. The van der Waals surface area contributed by atoms with Gasteiger partial charge < -0.3 is 10.7 Å². The lowest BCUT2D eigenvalue weighted by Gasteiger charge is -2.03. The zero-order valence-corrected chi connectivity index (χ0v) is 9.91. The molecule has 0 unspecified atom stereocenters. The molecule has 2 aromatic rings. The van der Waals surface area contributed by atoms with Crippen LogP contribution in [0.2, 0.25) is 0 Å². The minimum atomic E-state index is -0.295. The Morgan fingerprint density at radius 1 is 1.59 bits per heavy atom. The molecule has 1 heterocycles. The molecule has 1 aromatic carbocycles. The Morgan fingerprint density at radius 2 is 2.41 bits per heavy atom. The maximum atomic E-state index is 11.8. The second kappa shape index (κ2) is 4.88. The standard InChI is InChI=1S/C10H11N5OS/c1-17-15-10(11)14-9(16)6-2-3-7-8(4-6)13-5-12-7/h2-5H,1H3,(H,12,13)(H3,11,14,15,16). The number of H-pyrrole nitrogens is 1. The van der Waals surface area contributed by atoms with Crippen molar-refractivity contribution >= 4 is 34.8 Å². The summed E-state index contributed by atoms with van der Waals surface area (Å²) >= 11 is 1.18. The second-order valence-electron chi connectivity index (χ2n) is 3.25. The van der Waals surface area contributed by atoms with Crippen LogP contribution in [-0.4, -0.2) is 28.1 Å². The van der Waals surface area contributed by atoms with Crippen LogP contribution in [-0.2, 0) is 0 Å². The summed E-state index contributed by atoms with van der Waals surface area (Å²) in [5, 5.41) is 2.49. The van der Waals surface area contributed by atoms with Crippen molar-refractivity contribution in [3.63, 3.8) is 0 Å². The van der Waals surface area contributed by atoms with Crippen LogP contribution in [0.5, 0.6) is 0 Å². The molecule has 7 heteroatoms. The van der Waals surface area contributed by atoms with Gasteiger partial charge in [0.05, 0.1) is 17.4 Å². The van der Waals surface area contributed by atoms with Crippen LogP contribution < -0.4 is 11.1 Å². The number of hydrogen-bond donors (Lipinski definition) is 3. The maximum absolute atomic E-state index is 11.8. The van der Waals surface area contributed by atoms with Gasteiger partial charge >= 0.3 is 0 Å². The molecule has 1 aromatic heterocycles. The molecule has 88 valence electrons. The fraction of sp³-hybridized carbons (Fsp3) is 0.100. The molecule has 6 nitrogen and oxygen atoms in total. The fourth-order valence-electron chi connectivity index (χ4n) is 1.39. The minimum Gasteiger partial charge on any atom is -0.369 e. The van der Waals surface area contributed by atoms with E-state index in [1.165, 1.54) is 11.9 Å². The number of hydrogen-bond acceptors (Lipinski definition) is 4. The van der Waals surface area contributed by atoms with Gasteiger partial charge in [-0.15, -0.1) is 0 Å². The number of aromatic nitrogens is 2. The predicted molar refractivity (Wildman–Crippen MR) is 68.7 cm³/mol. The van der Waals surface area contributed by atoms with E-state index < -0.39 is 0 Å². The Labute approximate surface area is 102 Å². The van der Waals surface area contributed by atoms with Crippen molar-refractivity contribution in [2.24, 2.45) is 10.1 Å². The fourth-order valence-corrected chi connectivity index (χ4v) is 1.63. The van der Waals surface area contributed by atoms with Gasteiger partial charge in [-0.25, -0.2) is 4.98 Å². The van der Waals surface area contributed by atoms with Gasteiger partial charge in [-0.05, 0) is 30.1 Å². The Hall–Kier alpha value is -2.02. The van der Waals surface area contributed by atoms with Gasteiger partial charge in [0.1, 0.15) is 0 Å². The van der Waals surface area contributed by atoms with Crippen molar-refractivity contribution in [1.82, 2.24) is 15.3 Å². The number of nitrogens with zero attached hydrogens (tertiary/aromatic N) is 2. The summed E-state index contributed by atoms with van der Waals surface area (Å²) in [6.07, 6.45) is 3.34. The predicted octanol–water partition coefficient (Wildman–Crippen LogP) is 0.885. The van der Waals surface area contributed by atoms with Crippen LogP contribution in [0.1, 0.15) is 10.4 Å². The number of rotatable bonds is 2. The first-order valence-electron chi connectivity index (χ1n) is 4.82. The number of guanidine groups is 1. The number of aromatic amines is 1. The molecule has 0 fully saturated rings. The summed E-state index contributed by atoms with van der Waals surface area (Å²) in [4.78, 5) is 18.8. The first kappa shape index (κ1) is 11.5. The number of amides is 1. The summed E-state index contributed by atoms with van der Waals surface area (Å²) in [5.41, 5.74) is 7.61. The van der Waals surface area contributed by atoms with Gasteiger partial charge in [-0.2, -0.15) is 4.40 Å². The van der Waals surface area contributed by atoms with Gasteiger partial charge in [0, 0.05) is 11.8 Å². The molecule has 0 saturated carbocycles. The smallest absolute Gasteiger partial charge is 0.258 e. The van der Waals surface area contributed by atoms with Crippen molar-refractivity contribution in [2.45, 2.75) is 0 Å².